The minimum Gasteiger partial charge on any atom is -0.439 e. The van der Waals surface area contributed by atoms with Crippen molar-refractivity contribution < 1.29 is 19.0 Å². The predicted octanol–water partition coefficient (Wildman–Crippen LogP) is 5.02. The number of aliphatic hydroxyl groups excluding tert-OH is 1. The lowest BCUT2D eigenvalue weighted by molar-refractivity contribution is -0.00953. The van der Waals surface area contributed by atoms with E-state index in [-0.39, 0.29) is 18.5 Å². The molecule has 0 fully saturated rings. The van der Waals surface area contributed by atoms with Crippen molar-refractivity contribution in [2.45, 2.75) is 45.9 Å². The van der Waals surface area contributed by atoms with Gasteiger partial charge in [-0.15, -0.1) is 0 Å². The molecule has 0 unspecified atom stereocenters. The quantitative estimate of drug-likeness (QED) is 0.416. The van der Waals surface area contributed by atoms with Crippen LogP contribution in [0.3, 0.4) is 0 Å². The molecule has 0 saturated heterocycles. The third kappa shape index (κ3) is 7.12. The molecule has 7 heteroatoms. The van der Waals surface area contributed by atoms with Gasteiger partial charge in [0.1, 0.15) is 17.3 Å². The normalized spacial score (nSPS) is 12.5. The number of nitrogens with zero attached hydrogens (tertiary/aromatic N) is 3. The first-order valence-corrected chi connectivity index (χ1v) is 11.4. The number of hydrogen-bond donors (Lipinski definition) is 1. The van der Waals surface area contributed by atoms with Crippen LogP contribution < -0.4 is 4.74 Å². The summed E-state index contributed by atoms with van der Waals surface area (Å²) in [7, 11) is 1.84. The third-order valence-electron chi connectivity index (χ3n) is 5.18. The second kappa shape index (κ2) is 11.9. The van der Waals surface area contributed by atoms with Gasteiger partial charge in [0, 0.05) is 25.7 Å². The topological polar surface area (TPSA) is 59.8 Å². The van der Waals surface area contributed by atoms with E-state index in [1.165, 1.54) is 12.1 Å². The van der Waals surface area contributed by atoms with Gasteiger partial charge in [-0.3, -0.25) is 4.90 Å². The molecule has 178 valence electrons. The predicted molar refractivity (Wildman–Crippen MR) is 128 cm³/mol. The summed E-state index contributed by atoms with van der Waals surface area (Å²) >= 11 is 0. The average Bonchev–Trinajstić information content (AvgIpc) is 3.09. The zero-order valence-electron chi connectivity index (χ0n) is 19.9. The van der Waals surface area contributed by atoms with Gasteiger partial charge in [-0.05, 0) is 51.1 Å². The van der Waals surface area contributed by atoms with E-state index in [0.29, 0.717) is 24.7 Å². The number of rotatable bonds is 12. The van der Waals surface area contributed by atoms with Gasteiger partial charge in [0.05, 0.1) is 24.4 Å². The van der Waals surface area contributed by atoms with Crippen LogP contribution in [0.25, 0.3) is 11.3 Å². The molecule has 2 aromatic carbocycles. The molecule has 0 aliphatic heterocycles. The second-order valence-corrected chi connectivity index (χ2v) is 8.45. The molecular formula is C26H34FN3O3. The van der Waals surface area contributed by atoms with Crippen LogP contribution in [0.5, 0.6) is 11.6 Å². The lowest BCUT2D eigenvalue weighted by atomic mass is 10.1. The van der Waals surface area contributed by atoms with E-state index in [1.54, 1.807) is 16.8 Å². The summed E-state index contributed by atoms with van der Waals surface area (Å²) in [6.07, 6.45) is 0.405. The van der Waals surface area contributed by atoms with E-state index in [2.05, 4.69) is 11.8 Å². The van der Waals surface area contributed by atoms with E-state index in [1.807, 2.05) is 51.2 Å². The van der Waals surface area contributed by atoms with Crippen molar-refractivity contribution in [2.24, 2.45) is 7.05 Å². The molecule has 1 N–H and O–H groups in total. The number of ether oxygens (including phenoxy) is 2. The number of aromatic nitrogens is 2. The Bertz CT molecular complexity index is 990. The molecule has 0 saturated carbocycles. The molecule has 33 heavy (non-hydrogen) atoms. The van der Waals surface area contributed by atoms with Crippen LogP contribution in [0.2, 0.25) is 0 Å². The zero-order chi connectivity index (χ0) is 23.8. The third-order valence-corrected chi connectivity index (χ3v) is 5.18. The Labute approximate surface area is 195 Å². The standard InChI is InChI=1S/C26H34FN3O3/c1-5-15-30(16-22(31)18-32-19(2)3)17-24-25(20-9-7-6-8-10-20)28-29(4)26(24)33-23-13-11-21(27)12-14-23/h6-14,19,22,31H,5,15-18H2,1-4H3/t22-/m0/s1. The molecule has 1 atom stereocenters. The lowest BCUT2D eigenvalue weighted by Crippen LogP contribution is -2.35. The van der Waals surface area contributed by atoms with Crippen molar-refractivity contribution in [3.8, 4) is 22.9 Å². The Balaban J connectivity index is 1.92. The highest BCUT2D eigenvalue weighted by Crippen LogP contribution is 2.34. The Morgan fingerprint density at radius 1 is 1.09 bits per heavy atom. The average molecular weight is 456 g/mol. The molecule has 3 rings (SSSR count). The van der Waals surface area contributed by atoms with Gasteiger partial charge in [-0.1, -0.05) is 37.3 Å². The van der Waals surface area contributed by atoms with Gasteiger partial charge >= 0.3 is 0 Å². The summed E-state index contributed by atoms with van der Waals surface area (Å²) < 4.78 is 26.9. The molecule has 6 nitrogen and oxygen atoms in total. The summed E-state index contributed by atoms with van der Waals surface area (Å²) in [6.45, 7) is 8.13. The number of aryl methyl sites for hydroxylation is 1. The van der Waals surface area contributed by atoms with Crippen molar-refractivity contribution >= 4 is 0 Å². The number of hydrogen-bond acceptors (Lipinski definition) is 5. The Hall–Kier alpha value is -2.74. The van der Waals surface area contributed by atoms with Crippen molar-refractivity contribution in [1.82, 2.24) is 14.7 Å². The minimum absolute atomic E-state index is 0.0676. The summed E-state index contributed by atoms with van der Waals surface area (Å²) in [6, 6.07) is 15.9. The van der Waals surface area contributed by atoms with Gasteiger partial charge in [0.2, 0.25) is 5.88 Å². The fraction of sp³-hybridized carbons (Fsp3) is 0.423. The van der Waals surface area contributed by atoms with Gasteiger partial charge in [-0.2, -0.15) is 5.10 Å². The summed E-state index contributed by atoms with van der Waals surface area (Å²) in [4.78, 5) is 2.19. The monoisotopic (exact) mass is 455 g/mol. The fourth-order valence-corrected chi connectivity index (χ4v) is 3.69. The van der Waals surface area contributed by atoms with Crippen LogP contribution in [0.15, 0.2) is 54.6 Å². The largest absolute Gasteiger partial charge is 0.439 e. The first-order chi connectivity index (χ1) is 15.9. The number of aliphatic hydroxyl groups is 1. The van der Waals surface area contributed by atoms with Crippen LogP contribution in [-0.2, 0) is 18.3 Å². The van der Waals surface area contributed by atoms with Crippen molar-refractivity contribution in [3.05, 3.63) is 66.0 Å². The zero-order valence-corrected chi connectivity index (χ0v) is 19.9. The molecule has 0 spiro atoms. The van der Waals surface area contributed by atoms with Crippen LogP contribution in [0, 0.1) is 5.82 Å². The lowest BCUT2D eigenvalue weighted by Gasteiger charge is -2.25. The molecule has 3 aromatic rings. The van der Waals surface area contributed by atoms with E-state index in [9.17, 15) is 9.50 Å². The fourth-order valence-electron chi connectivity index (χ4n) is 3.69. The molecule has 1 aromatic heterocycles. The minimum atomic E-state index is -0.600. The van der Waals surface area contributed by atoms with Crippen LogP contribution in [-0.4, -0.2) is 51.7 Å². The van der Waals surface area contributed by atoms with Crippen LogP contribution >= 0.6 is 0 Å². The van der Waals surface area contributed by atoms with Gasteiger partial charge in [0.15, 0.2) is 0 Å². The van der Waals surface area contributed by atoms with Crippen molar-refractivity contribution in [2.75, 3.05) is 19.7 Å². The highest BCUT2D eigenvalue weighted by atomic mass is 19.1. The molecule has 0 aliphatic rings. The van der Waals surface area contributed by atoms with Gasteiger partial charge in [0.25, 0.3) is 0 Å². The molecule has 0 amide bonds. The van der Waals surface area contributed by atoms with E-state index in [0.717, 1.165) is 29.8 Å². The smallest absolute Gasteiger partial charge is 0.222 e. The highest BCUT2D eigenvalue weighted by molar-refractivity contribution is 5.65. The maximum absolute atomic E-state index is 13.4. The summed E-state index contributed by atoms with van der Waals surface area (Å²) in [5.41, 5.74) is 2.72. The molecule has 1 heterocycles. The molecule has 0 aliphatic carbocycles. The Morgan fingerprint density at radius 2 is 1.79 bits per heavy atom. The second-order valence-electron chi connectivity index (χ2n) is 8.45. The first-order valence-electron chi connectivity index (χ1n) is 11.4. The maximum atomic E-state index is 13.4. The van der Waals surface area contributed by atoms with Crippen LogP contribution in [0.1, 0.15) is 32.8 Å². The van der Waals surface area contributed by atoms with Crippen molar-refractivity contribution in [3.63, 3.8) is 0 Å². The molecular weight excluding hydrogens is 421 g/mol. The molecule has 0 bridgehead atoms. The number of benzene rings is 2. The Morgan fingerprint density at radius 3 is 2.42 bits per heavy atom. The highest BCUT2D eigenvalue weighted by Gasteiger charge is 2.23. The maximum Gasteiger partial charge on any atom is 0.222 e. The molecule has 0 radical (unpaired) electrons. The van der Waals surface area contributed by atoms with Gasteiger partial charge in [-0.25, -0.2) is 9.07 Å². The van der Waals surface area contributed by atoms with E-state index in [4.69, 9.17) is 14.6 Å². The van der Waals surface area contributed by atoms with E-state index < -0.39 is 6.10 Å². The van der Waals surface area contributed by atoms with E-state index >= 15 is 0 Å². The Kier molecular flexibility index (Phi) is 9.00. The van der Waals surface area contributed by atoms with Gasteiger partial charge < -0.3 is 14.6 Å². The first kappa shape index (κ1) is 24.9. The van der Waals surface area contributed by atoms with Crippen LogP contribution in [0.4, 0.5) is 4.39 Å². The number of halogens is 1. The summed E-state index contributed by atoms with van der Waals surface area (Å²) in [5.74, 6) is 0.812. The summed E-state index contributed by atoms with van der Waals surface area (Å²) in [5, 5.41) is 15.3. The SMILES string of the molecule is CCCN(Cc1c(-c2ccccc2)nn(C)c1Oc1ccc(F)cc1)C[C@H](O)COC(C)C. The van der Waals surface area contributed by atoms with Crippen molar-refractivity contribution in [1.29, 1.82) is 0 Å².